The van der Waals surface area contributed by atoms with Gasteiger partial charge in [-0.1, -0.05) is 0 Å². The topological polar surface area (TPSA) is 62.5 Å². The highest BCUT2D eigenvalue weighted by atomic mass is 16.3. The van der Waals surface area contributed by atoms with Crippen molar-refractivity contribution in [3.8, 4) is 0 Å². The summed E-state index contributed by atoms with van der Waals surface area (Å²) in [6.45, 7) is 1.64. The molecule has 1 aliphatic heterocycles. The van der Waals surface area contributed by atoms with Gasteiger partial charge in [0.2, 0.25) is 0 Å². The van der Waals surface area contributed by atoms with Crippen LogP contribution in [-0.2, 0) is 6.42 Å². The molecule has 3 heterocycles. The molecule has 0 aromatic carbocycles. The molecular formula is C12H16N4O. The zero-order chi connectivity index (χ0) is 11.7. The van der Waals surface area contributed by atoms with E-state index in [1.54, 1.807) is 10.7 Å². The number of nitrogens with zero attached hydrogens (tertiary/aromatic N) is 3. The summed E-state index contributed by atoms with van der Waals surface area (Å²) in [5.74, 6) is 0. The standard InChI is InChI=1S/C12H16N4O/c17-12(3-1-4-13-9-12)8-10-7-11-14-5-2-6-16(11)15-10/h2,5-7,13,17H,1,3-4,8-9H2. The van der Waals surface area contributed by atoms with Crippen molar-refractivity contribution in [2.75, 3.05) is 13.1 Å². The van der Waals surface area contributed by atoms with E-state index >= 15 is 0 Å². The first-order chi connectivity index (χ1) is 8.25. The van der Waals surface area contributed by atoms with Crippen molar-refractivity contribution < 1.29 is 5.11 Å². The van der Waals surface area contributed by atoms with Crippen molar-refractivity contribution in [1.29, 1.82) is 0 Å². The number of β-amino-alcohol motifs (C(OH)–C–C–N with tert-alkyl or cyclic N) is 1. The summed E-state index contributed by atoms with van der Waals surface area (Å²) < 4.78 is 1.74. The Morgan fingerprint density at radius 2 is 2.47 bits per heavy atom. The third-order valence-corrected chi connectivity index (χ3v) is 3.25. The Hall–Kier alpha value is -1.46. The van der Waals surface area contributed by atoms with Gasteiger partial charge in [0.25, 0.3) is 0 Å². The van der Waals surface area contributed by atoms with Gasteiger partial charge in [0.1, 0.15) is 0 Å². The summed E-state index contributed by atoms with van der Waals surface area (Å²) in [5.41, 5.74) is 1.07. The highest BCUT2D eigenvalue weighted by Gasteiger charge is 2.30. The van der Waals surface area contributed by atoms with Crippen molar-refractivity contribution in [1.82, 2.24) is 19.9 Å². The molecule has 1 fully saturated rings. The molecule has 0 radical (unpaired) electrons. The van der Waals surface area contributed by atoms with Gasteiger partial charge in [0, 0.05) is 31.4 Å². The molecule has 3 rings (SSSR count). The third-order valence-electron chi connectivity index (χ3n) is 3.25. The van der Waals surface area contributed by atoms with Crippen molar-refractivity contribution >= 4 is 5.65 Å². The molecule has 0 amide bonds. The van der Waals surface area contributed by atoms with Crippen LogP contribution in [0.15, 0.2) is 24.5 Å². The van der Waals surface area contributed by atoms with Crippen molar-refractivity contribution in [3.05, 3.63) is 30.2 Å². The number of fused-ring (bicyclic) bond motifs is 1. The number of nitrogens with one attached hydrogen (secondary N) is 1. The molecule has 2 aromatic rings. The molecule has 90 valence electrons. The van der Waals surface area contributed by atoms with Gasteiger partial charge < -0.3 is 10.4 Å². The molecule has 5 heteroatoms. The van der Waals surface area contributed by atoms with Gasteiger partial charge in [0.05, 0.1) is 11.3 Å². The molecule has 0 aliphatic carbocycles. The smallest absolute Gasteiger partial charge is 0.155 e. The zero-order valence-electron chi connectivity index (χ0n) is 9.63. The van der Waals surface area contributed by atoms with Crippen molar-refractivity contribution in [2.45, 2.75) is 24.9 Å². The summed E-state index contributed by atoms with van der Waals surface area (Å²) in [7, 11) is 0. The summed E-state index contributed by atoms with van der Waals surface area (Å²) in [4.78, 5) is 4.22. The number of hydrogen-bond donors (Lipinski definition) is 2. The van der Waals surface area contributed by atoms with Gasteiger partial charge in [-0.05, 0) is 25.5 Å². The minimum Gasteiger partial charge on any atom is -0.388 e. The first kappa shape index (κ1) is 10.7. The zero-order valence-corrected chi connectivity index (χ0v) is 9.63. The third kappa shape index (κ3) is 2.16. The molecule has 1 unspecified atom stereocenters. The van der Waals surface area contributed by atoms with Crippen molar-refractivity contribution in [2.24, 2.45) is 0 Å². The summed E-state index contributed by atoms with van der Waals surface area (Å²) in [6.07, 6.45) is 6.06. The monoisotopic (exact) mass is 232 g/mol. The summed E-state index contributed by atoms with van der Waals surface area (Å²) in [5, 5.41) is 18.1. The lowest BCUT2D eigenvalue weighted by molar-refractivity contribution is 0.0160. The van der Waals surface area contributed by atoms with Crippen LogP contribution in [-0.4, -0.2) is 38.4 Å². The van der Waals surface area contributed by atoms with Gasteiger partial charge >= 0.3 is 0 Å². The van der Waals surface area contributed by atoms with Crippen LogP contribution >= 0.6 is 0 Å². The van der Waals surface area contributed by atoms with E-state index in [1.807, 2.05) is 18.3 Å². The molecule has 0 saturated carbocycles. The average Bonchev–Trinajstić information content (AvgIpc) is 2.71. The van der Waals surface area contributed by atoms with Gasteiger partial charge in [-0.3, -0.25) is 0 Å². The van der Waals surface area contributed by atoms with Crippen LogP contribution < -0.4 is 5.32 Å². The molecule has 0 spiro atoms. The van der Waals surface area contributed by atoms with Crippen LogP contribution in [0, 0.1) is 0 Å². The molecule has 0 bridgehead atoms. The van der Waals surface area contributed by atoms with Crippen molar-refractivity contribution in [3.63, 3.8) is 0 Å². The van der Waals surface area contributed by atoms with Crippen LogP contribution in [0.5, 0.6) is 0 Å². The van der Waals surface area contributed by atoms with Crippen LogP contribution in [0.3, 0.4) is 0 Å². The Labute approximate surface area is 99.5 Å². The Morgan fingerprint density at radius 1 is 1.53 bits per heavy atom. The second kappa shape index (κ2) is 4.09. The lowest BCUT2D eigenvalue weighted by atomic mass is 9.89. The van der Waals surface area contributed by atoms with E-state index in [2.05, 4.69) is 15.4 Å². The van der Waals surface area contributed by atoms with E-state index in [4.69, 9.17) is 0 Å². The predicted octanol–water partition coefficient (Wildman–Crippen LogP) is 0.386. The summed E-state index contributed by atoms with van der Waals surface area (Å²) >= 11 is 0. The maximum absolute atomic E-state index is 10.4. The molecule has 1 atom stereocenters. The Morgan fingerprint density at radius 3 is 3.24 bits per heavy atom. The highest BCUT2D eigenvalue weighted by Crippen LogP contribution is 2.21. The minimum atomic E-state index is -0.657. The molecule has 2 N–H and O–H groups in total. The highest BCUT2D eigenvalue weighted by molar-refractivity contribution is 5.38. The number of aliphatic hydroxyl groups is 1. The predicted molar refractivity (Wildman–Crippen MR) is 63.7 cm³/mol. The Balaban J connectivity index is 1.84. The van der Waals surface area contributed by atoms with Gasteiger partial charge in [-0.25, -0.2) is 9.50 Å². The SMILES string of the molecule is OC1(Cc2cc3ncccn3n2)CCCNC1. The van der Waals surface area contributed by atoms with Crippen LogP contribution in [0.4, 0.5) is 0 Å². The van der Waals surface area contributed by atoms with Crippen LogP contribution in [0.2, 0.25) is 0 Å². The average molecular weight is 232 g/mol. The fraction of sp³-hybridized carbons (Fsp3) is 0.500. The number of rotatable bonds is 2. The normalized spacial score (nSPS) is 25.2. The van der Waals surface area contributed by atoms with E-state index in [1.165, 1.54) is 0 Å². The van der Waals surface area contributed by atoms with Gasteiger partial charge in [-0.2, -0.15) is 5.10 Å². The molecule has 1 saturated heterocycles. The quantitative estimate of drug-likeness (QED) is 0.786. The second-order valence-corrected chi connectivity index (χ2v) is 4.74. The molecule has 1 aliphatic rings. The second-order valence-electron chi connectivity index (χ2n) is 4.74. The number of piperidine rings is 1. The van der Waals surface area contributed by atoms with E-state index in [0.29, 0.717) is 13.0 Å². The van der Waals surface area contributed by atoms with E-state index < -0.39 is 5.60 Å². The largest absolute Gasteiger partial charge is 0.388 e. The lowest BCUT2D eigenvalue weighted by Gasteiger charge is -2.31. The van der Waals surface area contributed by atoms with Crippen LogP contribution in [0.25, 0.3) is 5.65 Å². The number of hydrogen-bond acceptors (Lipinski definition) is 4. The van der Waals surface area contributed by atoms with E-state index in [-0.39, 0.29) is 0 Å². The van der Waals surface area contributed by atoms with Gasteiger partial charge in [-0.15, -0.1) is 0 Å². The fourth-order valence-electron chi connectivity index (χ4n) is 2.41. The maximum atomic E-state index is 10.4. The Kier molecular flexibility index (Phi) is 2.57. The molecule has 5 nitrogen and oxygen atoms in total. The van der Waals surface area contributed by atoms with Crippen LogP contribution in [0.1, 0.15) is 18.5 Å². The van der Waals surface area contributed by atoms with E-state index in [9.17, 15) is 5.11 Å². The fourth-order valence-corrected chi connectivity index (χ4v) is 2.41. The lowest BCUT2D eigenvalue weighted by Crippen LogP contribution is -2.47. The molecule has 17 heavy (non-hydrogen) atoms. The molecule has 2 aromatic heterocycles. The summed E-state index contributed by atoms with van der Waals surface area (Å²) in [6, 6.07) is 3.78. The van der Waals surface area contributed by atoms with E-state index in [0.717, 1.165) is 30.7 Å². The number of aromatic nitrogens is 3. The first-order valence-corrected chi connectivity index (χ1v) is 5.98. The molecular weight excluding hydrogens is 216 g/mol. The first-order valence-electron chi connectivity index (χ1n) is 5.98. The van der Waals surface area contributed by atoms with Gasteiger partial charge in [0.15, 0.2) is 5.65 Å². The minimum absolute atomic E-state index is 0.587. The maximum Gasteiger partial charge on any atom is 0.155 e. The Bertz CT molecular complexity index is 483.